The minimum atomic E-state index is 0.0949. The molecule has 0 radical (unpaired) electrons. The van der Waals surface area contributed by atoms with Crippen LogP contribution in [0.15, 0.2) is 52.3 Å². The Labute approximate surface area is 143 Å². The lowest BCUT2D eigenvalue weighted by Crippen LogP contribution is -2.38. The molecular weight excluding hydrogens is 322 g/mol. The lowest BCUT2D eigenvalue weighted by atomic mass is 9.98. The van der Waals surface area contributed by atoms with Crippen molar-refractivity contribution in [3.63, 3.8) is 0 Å². The molecule has 1 atom stereocenters. The van der Waals surface area contributed by atoms with E-state index in [9.17, 15) is 4.79 Å². The molecule has 3 aromatic rings. The highest BCUT2D eigenvalue weighted by Crippen LogP contribution is 2.29. The summed E-state index contributed by atoms with van der Waals surface area (Å²) in [4.78, 5) is 15.2. The highest BCUT2D eigenvalue weighted by atomic mass is 32.1. The number of carbonyl (C=O) groups is 1. The molecule has 1 aliphatic rings. The molecule has 0 bridgehead atoms. The predicted molar refractivity (Wildman–Crippen MR) is 91.9 cm³/mol. The third-order valence-corrected chi connectivity index (χ3v) is 5.11. The number of benzene rings is 1. The van der Waals surface area contributed by atoms with E-state index in [2.05, 4.69) is 10.2 Å². The van der Waals surface area contributed by atoms with Crippen molar-refractivity contribution in [2.45, 2.75) is 18.8 Å². The van der Waals surface area contributed by atoms with E-state index in [1.54, 1.807) is 0 Å². The first kappa shape index (κ1) is 15.1. The second-order valence-electron chi connectivity index (χ2n) is 5.88. The molecule has 5 nitrogen and oxygen atoms in total. The highest BCUT2D eigenvalue weighted by Gasteiger charge is 2.29. The normalized spacial score (nSPS) is 17.8. The first-order valence-electron chi connectivity index (χ1n) is 8.03. The molecular formula is C18H17N3O2S. The standard InChI is InChI=1S/C18H17N3O2S/c22-18(15-9-5-11-24-15)21-10-4-8-14(12-21)17-20-19-16(23-17)13-6-2-1-3-7-13/h1-3,5-7,9,11,14H,4,8,10,12H2. The van der Waals surface area contributed by atoms with E-state index in [0.717, 1.165) is 29.8 Å². The van der Waals surface area contributed by atoms with Crippen molar-refractivity contribution in [1.82, 2.24) is 15.1 Å². The molecule has 6 heteroatoms. The van der Waals surface area contributed by atoms with Crippen molar-refractivity contribution in [2.75, 3.05) is 13.1 Å². The Balaban J connectivity index is 1.50. The van der Waals surface area contributed by atoms with Gasteiger partial charge in [-0.25, -0.2) is 0 Å². The van der Waals surface area contributed by atoms with Crippen LogP contribution >= 0.6 is 11.3 Å². The summed E-state index contributed by atoms with van der Waals surface area (Å²) >= 11 is 1.48. The van der Waals surface area contributed by atoms with Gasteiger partial charge in [0.15, 0.2) is 0 Å². The van der Waals surface area contributed by atoms with Crippen LogP contribution in [0.25, 0.3) is 11.5 Å². The number of piperidine rings is 1. The molecule has 1 saturated heterocycles. The third-order valence-electron chi connectivity index (χ3n) is 4.25. The monoisotopic (exact) mass is 339 g/mol. The van der Waals surface area contributed by atoms with E-state index in [0.29, 0.717) is 18.3 Å². The largest absolute Gasteiger partial charge is 0.420 e. The van der Waals surface area contributed by atoms with Gasteiger partial charge in [0.05, 0.1) is 10.8 Å². The maximum Gasteiger partial charge on any atom is 0.263 e. The first-order chi connectivity index (χ1) is 11.8. The van der Waals surface area contributed by atoms with Crippen LogP contribution in [-0.2, 0) is 0 Å². The number of aromatic nitrogens is 2. The molecule has 1 unspecified atom stereocenters. The number of hydrogen-bond donors (Lipinski definition) is 0. The lowest BCUT2D eigenvalue weighted by Gasteiger charge is -2.30. The first-order valence-corrected chi connectivity index (χ1v) is 8.91. The molecule has 0 spiro atoms. The molecule has 0 saturated carbocycles. The van der Waals surface area contributed by atoms with Crippen molar-refractivity contribution in [1.29, 1.82) is 0 Å². The van der Waals surface area contributed by atoms with Crippen LogP contribution in [0, 0.1) is 0 Å². The van der Waals surface area contributed by atoms with Crippen molar-refractivity contribution < 1.29 is 9.21 Å². The Bertz CT molecular complexity index is 814. The van der Waals surface area contributed by atoms with Gasteiger partial charge in [-0.2, -0.15) is 0 Å². The fourth-order valence-electron chi connectivity index (χ4n) is 3.02. The van der Waals surface area contributed by atoms with Gasteiger partial charge in [0.2, 0.25) is 11.8 Å². The summed E-state index contributed by atoms with van der Waals surface area (Å²) in [6.45, 7) is 1.42. The zero-order valence-electron chi connectivity index (χ0n) is 13.1. The maximum absolute atomic E-state index is 12.5. The average molecular weight is 339 g/mol. The van der Waals surface area contributed by atoms with Crippen molar-refractivity contribution in [3.05, 3.63) is 58.6 Å². The summed E-state index contributed by atoms with van der Waals surface area (Å²) < 4.78 is 5.87. The summed E-state index contributed by atoms with van der Waals surface area (Å²) in [7, 11) is 0. The van der Waals surface area contributed by atoms with Gasteiger partial charge in [0, 0.05) is 18.7 Å². The van der Waals surface area contributed by atoms with E-state index in [1.165, 1.54) is 11.3 Å². The number of carbonyl (C=O) groups excluding carboxylic acids is 1. The second kappa shape index (κ2) is 6.57. The number of nitrogens with zero attached hydrogens (tertiary/aromatic N) is 3. The molecule has 24 heavy (non-hydrogen) atoms. The number of likely N-dealkylation sites (tertiary alicyclic amines) is 1. The maximum atomic E-state index is 12.5. The minimum Gasteiger partial charge on any atom is -0.420 e. The van der Waals surface area contributed by atoms with Gasteiger partial charge in [-0.05, 0) is 36.4 Å². The molecule has 1 aliphatic heterocycles. The molecule has 3 heterocycles. The Morgan fingerprint density at radius 3 is 2.83 bits per heavy atom. The summed E-state index contributed by atoms with van der Waals surface area (Å²) in [5, 5.41) is 10.3. The van der Waals surface area contributed by atoms with Gasteiger partial charge in [-0.3, -0.25) is 4.79 Å². The summed E-state index contributed by atoms with van der Waals surface area (Å²) in [5.41, 5.74) is 0.915. The van der Waals surface area contributed by atoms with Crippen LogP contribution in [0.2, 0.25) is 0 Å². The minimum absolute atomic E-state index is 0.0949. The SMILES string of the molecule is O=C(c1cccs1)N1CCCC(c2nnc(-c3ccccc3)o2)C1. The summed E-state index contributed by atoms with van der Waals surface area (Å²) in [5.74, 6) is 1.36. The van der Waals surface area contributed by atoms with Gasteiger partial charge in [0.1, 0.15) is 0 Å². The topological polar surface area (TPSA) is 59.2 Å². The molecule has 1 fully saturated rings. The van der Waals surface area contributed by atoms with E-state index >= 15 is 0 Å². The molecule has 1 aromatic carbocycles. The predicted octanol–water partition coefficient (Wildman–Crippen LogP) is 3.82. The molecule has 0 N–H and O–H groups in total. The number of amides is 1. The third kappa shape index (κ3) is 2.97. The molecule has 1 amide bonds. The number of rotatable bonds is 3. The van der Waals surface area contributed by atoms with E-state index in [1.807, 2.05) is 52.7 Å². The smallest absolute Gasteiger partial charge is 0.263 e. The van der Waals surface area contributed by atoms with Crippen LogP contribution in [0.3, 0.4) is 0 Å². The average Bonchev–Trinajstić information content (AvgIpc) is 3.34. The molecule has 122 valence electrons. The highest BCUT2D eigenvalue weighted by molar-refractivity contribution is 7.12. The second-order valence-corrected chi connectivity index (χ2v) is 6.83. The quantitative estimate of drug-likeness (QED) is 0.728. The van der Waals surface area contributed by atoms with Crippen LogP contribution in [0.5, 0.6) is 0 Å². The Hall–Kier alpha value is -2.47. The fraction of sp³-hybridized carbons (Fsp3) is 0.278. The van der Waals surface area contributed by atoms with Crippen molar-refractivity contribution in [2.24, 2.45) is 0 Å². The van der Waals surface area contributed by atoms with Crippen molar-refractivity contribution in [3.8, 4) is 11.5 Å². The van der Waals surface area contributed by atoms with Gasteiger partial charge in [-0.15, -0.1) is 21.5 Å². The molecule has 2 aromatic heterocycles. The zero-order chi connectivity index (χ0) is 16.4. The Morgan fingerprint density at radius 1 is 1.17 bits per heavy atom. The van der Waals surface area contributed by atoms with E-state index in [-0.39, 0.29) is 11.8 Å². The van der Waals surface area contributed by atoms with Gasteiger partial charge in [0.25, 0.3) is 5.91 Å². The van der Waals surface area contributed by atoms with Crippen molar-refractivity contribution >= 4 is 17.2 Å². The fourth-order valence-corrected chi connectivity index (χ4v) is 3.71. The van der Waals surface area contributed by atoms with E-state index in [4.69, 9.17) is 4.42 Å². The van der Waals surface area contributed by atoms with Crippen LogP contribution < -0.4 is 0 Å². The van der Waals surface area contributed by atoms with Crippen LogP contribution in [0.4, 0.5) is 0 Å². The molecule has 4 rings (SSSR count). The lowest BCUT2D eigenvalue weighted by molar-refractivity contribution is 0.0703. The Morgan fingerprint density at radius 2 is 2.04 bits per heavy atom. The van der Waals surface area contributed by atoms with E-state index < -0.39 is 0 Å². The van der Waals surface area contributed by atoms with Gasteiger partial charge < -0.3 is 9.32 Å². The van der Waals surface area contributed by atoms with Gasteiger partial charge >= 0.3 is 0 Å². The molecule has 0 aliphatic carbocycles. The Kier molecular flexibility index (Phi) is 4.13. The number of hydrogen-bond acceptors (Lipinski definition) is 5. The number of thiophene rings is 1. The summed E-state index contributed by atoms with van der Waals surface area (Å²) in [6.07, 6.45) is 1.91. The summed E-state index contributed by atoms with van der Waals surface area (Å²) in [6, 6.07) is 13.5. The van der Waals surface area contributed by atoms with Gasteiger partial charge in [-0.1, -0.05) is 24.3 Å². The zero-order valence-corrected chi connectivity index (χ0v) is 13.9. The van der Waals surface area contributed by atoms with Crippen LogP contribution in [-0.4, -0.2) is 34.1 Å². The van der Waals surface area contributed by atoms with Crippen LogP contribution in [0.1, 0.15) is 34.3 Å².